The molecule has 1 aromatic rings. The quantitative estimate of drug-likeness (QED) is 0.825. The molecule has 0 aliphatic carbocycles. The molecule has 0 aliphatic heterocycles. The minimum Gasteiger partial charge on any atom is -0.496 e. The van der Waals surface area contributed by atoms with Crippen LogP contribution in [0.5, 0.6) is 5.75 Å². The molecule has 0 aromatic heterocycles. The molecule has 0 amide bonds. The summed E-state index contributed by atoms with van der Waals surface area (Å²) in [6, 6.07) is 3.44. The summed E-state index contributed by atoms with van der Waals surface area (Å²) >= 11 is 0. The van der Waals surface area contributed by atoms with Crippen molar-refractivity contribution in [3.05, 3.63) is 29.3 Å². The Hall–Kier alpha value is -1.69. The van der Waals surface area contributed by atoms with Crippen LogP contribution in [-0.4, -0.2) is 24.8 Å². The number of rotatable bonds is 5. The summed E-state index contributed by atoms with van der Waals surface area (Å²) in [7, 11) is 1.27. The van der Waals surface area contributed by atoms with Gasteiger partial charge in [-0.3, -0.25) is 0 Å². The van der Waals surface area contributed by atoms with Gasteiger partial charge in [-0.2, -0.15) is 0 Å². The van der Waals surface area contributed by atoms with Gasteiger partial charge in [0.2, 0.25) is 0 Å². The molecule has 18 heavy (non-hydrogen) atoms. The summed E-state index contributed by atoms with van der Waals surface area (Å²) < 4.78 is 34.5. The van der Waals surface area contributed by atoms with E-state index >= 15 is 0 Å². The number of carbonyl (C=O) groups is 1. The molecule has 0 bridgehead atoms. The molecular formula is C12H14F2O4. The van der Waals surface area contributed by atoms with E-state index in [-0.39, 0.29) is 23.5 Å². The number of benzene rings is 1. The molecule has 0 heterocycles. The number of methoxy groups -OCH3 is 1. The fourth-order valence-corrected chi connectivity index (χ4v) is 1.44. The van der Waals surface area contributed by atoms with Crippen molar-refractivity contribution in [3.8, 4) is 5.75 Å². The Bertz CT molecular complexity index is 421. The van der Waals surface area contributed by atoms with Crippen molar-refractivity contribution >= 4 is 5.97 Å². The van der Waals surface area contributed by atoms with Crippen LogP contribution in [0.3, 0.4) is 0 Å². The van der Waals surface area contributed by atoms with Gasteiger partial charge in [-0.15, -0.1) is 0 Å². The average Bonchev–Trinajstić information content (AvgIpc) is 2.37. The first-order valence-corrected chi connectivity index (χ1v) is 5.32. The topological polar surface area (TPSA) is 55.8 Å². The first-order chi connectivity index (χ1) is 8.51. The lowest BCUT2D eigenvalue weighted by Gasteiger charge is -2.14. The molecule has 1 aromatic carbocycles. The van der Waals surface area contributed by atoms with Gasteiger partial charge < -0.3 is 14.6 Å². The molecule has 0 aliphatic rings. The van der Waals surface area contributed by atoms with Crippen LogP contribution in [0.15, 0.2) is 18.2 Å². The van der Waals surface area contributed by atoms with E-state index in [4.69, 9.17) is 4.74 Å². The van der Waals surface area contributed by atoms with Gasteiger partial charge in [0.05, 0.1) is 13.7 Å². The highest BCUT2D eigenvalue weighted by molar-refractivity contribution is 5.77. The number of aliphatic hydroxyl groups excluding tert-OH is 1. The molecule has 4 nitrogen and oxygen atoms in total. The van der Waals surface area contributed by atoms with Crippen LogP contribution < -0.4 is 4.74 Å². The van der Waals surface area contributed by atoms with Crippen molar-refractivity contribution in [1.82, 2.24) is 0 Å². The smallest absolute Gasteiger partial charge is 0.339 e. The summed E-state index contributed by atoms with van der Waals surface area (Å²) in [4.78, 5) is 11.4. The third-order valence-electron chi connectivity index (χ3n) is 2.31. The zero-order chi connectivity index (χ0) is 13.7. The van der Waals surface area contributed by atoms with Gasteiger partial charge in [0.15, 0.2) is 6.10 Å². The van der Waals surface area contributed by atoms with Gasteiger partial charge >= 0.3 is 5.97 Å². The Morgan fingerprint density at radius 3 is 2.61 bits per heavy atom. The Balaban J connectivity index is 3.05. The zero-order valence-electron chi connectivity index (χ0n) is 10.0. The maximum atomic E-state index is 12.5. The summed E-state index contributed by atoms with van der Waals surface area (Å²) in [5.41, 5.74) is -0.146. The van der Waals surface area contributed by atoms with Gasteiger partial charge in [0.1, 0.15) is 5.75 Å². The number of aliphatic hydroxyl groups is 1. The lowest BCUT2D eigenvalue weighted by atomic mass is 10.1. The molecule has 1 N–H and O–H groups in total. The highest BCUT2D eigenvalue weighted by atomic mass is 19.3. The van der Waals surface area contributed by atoms with Gasteiger partial charge in [0, 0.05) is 11.1 Å². The fourth-order valence-electron chi connectivity index (χ4n) is 1.44. The molecule has 0 radical (unpaired) electrons. The van der Waals surface area contributed by atoms with Crippen molar-refractivity contribution < 1.29 is 28.2 Å². The second-order valence-electron chi connectivity index (χ2n) is 3.46. The summed E-state index contributed by atoms with van der Waals surface area (Å²) in [5, 5.41) is 9.72. The average molecular weight is 260 g/mol. The number of carbonyl (C=O) groups excluding carboxylic acids is 1. The summed E-state index contributed by atoms with van der Waals surface area (Å²) in [6.45, 7) is 1.72. The molecule has 1 unspecified atom stereocenters. The van der Waals surface area contributed by atoms with Crippen LogP contribution in [0.1, 0.15) is 30.6 Å². The molecule has 6 heteroatoms. The molecule has 0 saturated heterocycles. The second kappa shape index (κ2) is 6.30. The van der Waals surface area contributed by atoms with Crippen LogP contribution in [0.2, 0.25) is 0 Å². The van der Waals surface area contributed by atoms with Crippen molar-refractivity contribution in [2.24, 2.45) is 0 Å². The third kappa shape index (κ3) is 3.16. The van der Waals surface area contributed by atoms with E-state index in [1.807, 2.05) is 0 Å². The predicted octanol–water partition coefficient (Wildman–Crippen LogP) is 2.23. The SMILES string of the molecule is CCOC(=O)C(O)c1ccc(C(F)F)cc1OC. The monoisotopic (exact) mass is 260 g/mol. The Labute approximate surface area is 103 Å². The highest BCUT2D eigenvalue weighted by Crippen LogP contribution is 2.30. The largest absolute Gasteiger partial charge is 0.496 e. The van der Waals surface area contributed by atoms with Crippen molar-refractivity contribution in [2.45, 2.75) is 19.5 Å². The molecule has 1 atom stereocenters. The number of halogens is 2. The van der Waals surface area contributed by atoms with Crippen LogP contribution >= 0.6 is 0 Å². The van der Waals surface area contributed by atoms with Gasteiger partial charge in [-0.05, 0) is 13.0 Å². The first-order valence-electron chi connectivity index (χ1n) is 5.32. The van der Waals surface area contributed by atoms with E-state index in [2.05, 4.69) is 4.74 Å². The number of ether oxygens (including phenoxy) is 2. The number of esters is 1. The normalized spacial score (nSPS) is 12.3. The number of hydrogen-bond donors (Lipinski definition) is 1. The molecule has 1 rings (SSSR count). The Kier molecular flexibility index (Phi) is 5.03. The summed E-state index contributed by atoms with van der Waals surface area (Å²) in [6.07, 6.45) is -4.20. The van der Waals surface area contributed by atoms with Gasteiger partial charge in [0.25, 0.3) is 6.43 Å². The van der Waals surface area contributed by atoms with Crippen molar-refractivity contribution in [3.63, 3.8) is 0 Å². The van der Waals surface area contributed by atoms with Crippen molar-refractivity contribution in [1.29, 1.82) is 0 Å². The van der Waals surface area contributed by atoms with E-state index in [0.29, 0.717) is 0 Å². The maximum absolute atomic E-state index is 12.5. The van der Waals surface area contributed by atoms with Gasteiger partial charge in [-0.25, -0.2) is 13.6 Å². The maximum Gasteiger partial charge on any atom is 0.339 e. The molecule has 0 fully saturated rings. The fraction of sp³-hybridized carbons (Fsp3) is 0.417. The minimum atomic E-state index is -2.65. The molecule has 0 spiro atoms. The highest BCUT2D eigenvalue weighted by Gasteiger charge is 2.23. The number of hydrogen-bond acceptors (Lipinski definition) is 4. The van der Waals surface area contributed by atoms with E-state index < -0.39 is 18.5 Å². The molecule has 100 valence electrons. The Morgan fingerprint density at radius 2 is 2.11 bits per heavy atom. The van der Waals surface area contributed by atoms with E-state index in [1.165, 1.54) is 13.2 Å². The second-order valence-corrected chi connectivity index (χ2v) is 3.46. The zero-order valence-corrected chi connectivity index (χ0v) is 10.0. The van der Waals surface area contributed by atoms with Crippen molar-refractivity contribution in [2.75, 3.05) is 13.7 Å². The van der Waals surface area contributed by atoms with E-state index in [1.54, 1.807) is 6.92 Å². The molecule has 0 saturated carbocycles. The Morgan fingerprint density at radius 1 is 1.44 bits per heavy atom. The van der Waals surface area contributed by atoms with Crippen LogP contribution in [-0.2, 0) is 9.53 Å². The lowest BCUT2D eigenvalue weighted by molar-refractivity contribution is -0.153. The molecular weight excluding hydrogens is 246 g/mol. The van der Waals surface area contributed by atoms with E-state index in [9.17, 15) is 18.7 Å². The van der Waals surface area contributed by atoms with E-state index in [0.717, 1.165) is 12.1 Å². The minimum absolute atomic E-state index is 0.0216. The van der Waals surface area contributed by atoms with Crippen LogP contribution in [0.4, 0.5) is 8.78 Å². The van der Waals surface area contributed by atoms with Crippen LogP contribution in [0.25, 0.3) is 0 Å². The lowest BCUT2D eigenvalue weighted by Crippen LogP contribution is -2.16. The predicted molar refractivity (Wildman–Crippen MR) is 59.5 cm³/mol. The standard InChI is InChI=1S/C12H14F2O4/c1-3-18-12(16)10(15)8-5-4-7(11(13)14)6-9(8)17-2/h4-6,10-11,15H,3H2,1-2H3. The first kappa shape index (κ1) is 14.4. The van der Waals surface area contributed by atoms with Gasteiger partial charge in [-0.1, -0.05) is 12.1 Å². The van der Waals surface area contributed by atoms with Crippen LogP contribution in [0, 0.1) is 0 Å². The summed E-state index contributed by atoms with van der Waals surface area (Å²) in [5.74, 6) is -0.825. The third-order valence-corrected chi connectivity index (χ3v) is 2.31. The number of alkyl halides is 2.